The van der Waals surface area contributed by atoms with Crippen molar-refractivity contribution in [1.82, 2.24) is 16.0 Å². The summed E-state index contributed by atoms with van der Waals surface area (Å²) in [4.78, 5) is 4.65. The molecular weight excluding hydrogens is 572 g/mol. The zero-order valence-electron chi connectivity index (χ0n) is 26.8. The molecule has 1 aromatic rings. The molecule has 7 nitrogen and oxygen atoms in total. The van der Waals surface area contributed by atoms with Crippen LogP contribution in [-0.4, -0.2) is 42.7 Å². The fourth-order valence-corrected chi connectivity index (χ4v) is 9.29. The van der Waals surface area contributed by atoms with Crippen molar-refractivity contribution >= 4 is 6.21 Å². The van der Waals surface area contributed by atoms with E-state index in [2.05, 4.69) is 33.9 Å². The first-order valence-electron chi connectivity index (χ1n) is 17.0. The number of aliphatic hydroxyl groups is 1. The highest BCUT2D eigenvalue weighted by atomic mass is 19.3. The number of benzene rings is 1. The van der Waals surface area contributed by atoms with Crippen LogP contribution in [0.25, 0.3) is 0 Å². The van der Waals surface area contributed by atoms with Crippen molar-refractivity contribution in [2.24, 2.45) is 34.1 Å². The van der Waals surface area contributed by atoms with Gasteiger partial charge in [-0.3, -0.25) is 0 Å². The van der Waals surface area contributed by atoms with E-state index < -0.39 is 12.2 Å². The van der Waals surface area contributed by atoms with E-state index in [1.807, 2.05) is 6.92 Å². The van der Waals surface area contributed by atoms with Gasteiger partial charge in [0.05, 0.1) is 11.2 Å². The summed E-state index contributed by atoms with van der Waals surface area (Å²) in [5.41, 5.74) is 2.96. The smallest absolute Gasteiger partial charge is 0.387 e. The van der Waals surface area contributed by atoms with Gasteiger partial charge in [-0.05, 0) is 118 Å². The number of alkyl halides is 2. The highest BCUT2D eigenvalue weighted by Gasteiger charge is 2.55. The summed E-state index contributed by atoms with van der Waals surface area (Å²) >= 11 is 0. The van der Waals surface area contributed by atoms with E-state index in [0.717, 1.165) is 62.4 Å². The number of aliphatic imine (C=N–C) groups is 1. The number of nitriles is 1. The molecular formula is C36H49F2N5O2. The first-order chi connectivity index (χ1) is 21.7. The Labute approximate surface area is 266 Å². The minimum Gasteiger partial charge on any atom is -0.434 e. The SMILES string of the molecule is CCC1=C(NCc2ccccc2OC(F)F)N=CC(C#N)=C(NCC23CC4CC(C2)C(NCC2CCC(C)(O)CC2)C(C4)C3)C1. The van der Waals surface area contributed by atoms with Crippen LogP contribution in [0.3, 0.4) is 0 Å². The van der Waals surface area contributed by atoms with E-state index in [0.29, 0.717) is 47.2 Å². The van der Waals surface area contributed by atoms with Gasteiger partial charge in [0.15, 0.2) is 0 Å². The van der Waals surface area contributed by atoms with E-state index in [1.54, 1.807) is 24.4 Å². The predicted octanol–water partition coefficient (Wildman–Crippen LogP) is 6.57. The monoisotopic (exact) mass is 621 g/mol. The van der Waals surface area contributed by atoms with Gasteiger partial charge in [-0.25, -0.2) is 4.99 Å². The molecule has 244 valence electrons. The topological polar surface area (TPSA) is 102 Å². The minimum atomic E-state index is -2.89. The Balaban J connectivity index is 1.08. The first kappa shape index (κ1) is 32.0. The summed E-state index contributed by atoms with van der Waals surface area (Å²) in [6.45, 7) is 3.42. The number of para-hydroxylation sites is 1. The fraction of sp³-hybridized carbons (Fsp3) is 0.667. The van der Waals surface area contributed by atoms with E-state index in [1.165, 1.54) is 38.2 Å². The van der Waals surface area contributed by atoms with E-state index in [4.69, 9.17) is 4.74 Å². The minimum absolute atomic E-state index is 0.144. The van der Waals surface area contributed by atoms with E-state index in [9.17, 15) is 19.1 Å². The third-order valence-corrected chi connectivity index (χ3v) is 11.5. The van der Waals surface area contributed by atoms with Gasteiger partial charge in [0.25, 0.3) is 0 Å². The maximum atomic E-state index is 12.9. The molecule has 0 spiro atoms. The lowest BCUT2D eigenvalue weighted by Gasteiger charge is -2.60. The Hall–Kier alpha value is -2.96. The first-order valence-corrected chi connectivity index (χ1v) is 17.0. The van der Waals surface area contributed by atoms with Crippen LogP contribution < -0.4 is 20.7 Å². The largest absolute Gasteiger partial charge is 0.434 e. The second-order valence-electron chi connectivity index (χ2n) is 14.8. The van der Waals surface area contributed by atoms with Crippen LogP contribution in [0.4, 0.5) is 8.78 Å². The summed E-state index contributed by atoms with van der Waals surface area (Å²) in [5, 5.41) is 31.5. The summed E-state index contributed by atoms with van der Waals surface area (Å²) in [6.07, 6.45) is 13.4. The molecule has 9 heteroatoms. The summed E-state index contributed by atoms with van der Waals surface area (Å²) in [7, 11) is 0. The van der Waals surface area contributed by atoms with Crippen LogP contribution in [0, 0.1) is 40.4 Å². The number of hydrogen-bond acceptors (Lipinski definition) is 7. The van der Waals surface area contributed by atoms with Crippen molar-refractivity contribution < 1.29 is 18.6 Å². The second-order valence-corrected chi connectivity index (χ2v) is 14.8. The van der Waals surface area contributed by atoms with Gasteiger partial charge in [-0.2, -0.15) is 14.0 Å². The third kappa shape index (κ3) is 7.38. The Bertz CT molecular complexity index is 1340. The molecule has 2 atom stereocenters. The van der Waals surface area contributed by atoms with Crippen molar-refractivity contribution in [3.8, 4) is 11.8 Å². The van der Waals surface area contributed by atoms with Crippen molar-refractivity contribution in [1.29, 1.82) is 5.26 Å². The lowest BCUT2D eigenvalue weighted by Crippen LogP contribution is -2.60. The van der Waals surface area contributed by atoms with E-state index >= 15 is 0 Å². The van der Waals surface area contributed by atoms with Gasteiger partial charge < -0.3 is 25.8 Å². The number of hydrogen-bond donors (Lipinski definition) is 4. The number of rotatable bonds is 12. The Morgan fingerprint density at radius 3 is 2.53 bits per heavy atom. The third-order valence-electron chi connectivity index (χ3n) is 11.5. The van der Waals surface area contributed by atoms with Gasteiger partial charge in [-0.15, -0.1) is 0 Å². The zero-order chi connectivity index (χ0) is 31.6. The number of halogens is 2. The molecule has 1 aliphatic heterocycles. The fourth-order valence-electron chi connectivity index (χ4n) is 9.29. The lowest BCUT2D eigenvalue weighted by atomic mass is 9.48. The summed E-state index contributed by atoms with van der Waals surface area (Å²) < 4.78 is 30.5. The lowest BCUT2D eigenvalue weighted by molar-refractivity contribution is -0.0758. The molecule has 6 aliphatic rings. The molecule has 1 aromatic carbocycles. The Kier molecular flexibility index (Phi) is 9.54. The van der Waals surface area contributed by atoms with Crippen LogP contribution in [-0.2, 0) is 6.54 Å². The van der Waals surface area contributed by atoms with Gasteiger partial charge in [-0.1, -0.05) is 25.1 Å². The number of nitrogens with one attached hydrogen (secondary N) is 3. The predicted molar refractivity (Wildman–Crippen MR) is 171 cm³/mol. The molecule has 0 amide bonds. The quantitative estimate of drug-likeness (QED) is 0.211. The van der Waals surface area contributed by atoms with E-state index in [-0.39, 0.29) is 17.7 Å². The molecule has 5 aliphatic carbocycles. The molecule has 2 unspecified atom stereocenters. The molecule has 0 saturated heterocycles. The van der Waals surface area contributed by atoms with Crippen LogP contribution in [0.2, 0.25) is 0 Å². The molecule has 5 saturated carbocycles. The average Bonchev–Trinajstić information content (AvgIpc) is 3.18. The maximum Gasteiger partial charge on any atom is 0.387 e. The Morgan fingerprint density at radius 1 is 1.11 bits per heavy atom. The van der Waals surface area contributed by atoms with Crippen molar-refractivity contribution in [3.05, 3.63) is 52.5 Å². The number of ether oxygens (including phenoxy) is 1. The zero-order valence-corrected chi connectivity index (χ0v) is 26.8. The second kappa shape index (κ2) is 13.4. The van der Waals surface area contributed by atoms with Gasteiger partial charge in [0.1, 0.15) is 17.6 Å². The molecule has 1 heterocycles. The molecule has 45 heavy (non-hydrogen) atoms. The summed E-state index contributed by atoms with van der Waals surface area (Å²) in [6, 6.07) is 9.74. The van der Waals surface area contributed by atoms with Gasteiger partial charge in [0, 0.05) is 43.0 Å². The normalized spacial score (nSPS) is 34.2. The highest BCUT2D eigenvalue weighted by molar-refractivity contribution is 5.86. The van der Waals surface area contributed by atoms with Crippen LogP contribution in [0.15, 0.2) is 51.9 Å². The standard InChI is InChI=1S/C36H49F2N5O2/c1-3-25-14-30(29(18-39)21-42-33(25)41-20-26-6-4-5-7-31(26)45-34(37)38)43-22-36-15-24-12-27(16-36)32(28(13-24)17-36)40-19-23-8-10-35(2,44)11-9-23/h4-7,21,23-24,27-28,32,34,40-41,43-44H,3,8-17,19-20,22H2,1-2H3. The molecule has 0 radical (unpaired) electrons. The maximum absolute atomic E-state index is 12.9. The van der Waals surface area contributed by atoms with Crippen molar-refractivity contribution in [2.45, 2.75) is 109 Å². The molecule has 4 N–H and O–H groups in total. The summed E-state index contributed by atoms with van der Waals surface area (Å²) in [5.74, 6) is 3.72. The van der Waals surface area contributed by atoms with Crippen LogP contribution in [0.1, 0.15) is 90.0 Å². The van der Waals surface area contributed by atoms with Crippen LogP contribution in [0.5, 0.6) is 5.75 Å². The average molecular weight is 622 g/mol. The molecule has 4 bridgehead atoms. The molecule has 7 rings (SSSR count). The van der Waals surface area contributed by atoms with Crippen molar-refractivity contribution in [3.63, 3.8) is 0 Å². The number of allylic oxidation sites excluding steroid dienone is 2. The molecule has 0 aromatic heterocycles. The van der Waals surface area contributed by atoms with Crippen molar-refractivity contribution in [2.75, 3.05) is 13.1 Å². The number of nitrogens with zero attached hydrogens (tertiary/aromatic N) is 2. The Morgan fingerprint density at radius 2 is 1.84 bits per heavy atom. The van der Waals surface area contributed by atoms with Crippen LogP contribution >= 0.6 is 0 Å². The highest BCUT2D eigenvalue weighted by Crippen LogP contribution is 2.60. The molecule has 5 fully saturated rings. The van der Waals surface area contributed by atoms with Gasteiger partial charge >= 0.3 is 6.61 Å². The van der Waals surface area contributed by atoms with Gasteiger partial charge in [0.2, 0.25) is 0 Å².